The van der Waals surface area contributed by atoms with Crippen molar-refractivity contribution in [2.75, 3.05) is 13.1 Å². The molecule has 2 atom stereocenters. The van der Waals surface area contributed by atoms with Gasteiger partial charge in [0, 0.05) is 19.6 Å². The summed E-state index contributed by atoms with van der Waals surface area (Å²) in [5, 5.41) is 12.9. The standard InChI is InChI=1S/C18H21Cl2N3O4/c19-12-6-5-11(9-13(12)20)10-21-16(24)14-3-1-7-22(14)17(25)15-4-2-8-23(15)18(26)27/h5-6,9,14-15H,1-4,7-8,10H2,(H,21,24)(H,26,27). The Balaban J connectivity index is 1.63. The summed E-state index contributed by atoms with van der Waals surface area (Å²) >= 11 is 11.9. The lowest BCUT2D eigenvalue weighted by molar-refractivity contribution is -0.141. The van der Waals surface area contributed by atoms with Gasteiger partial charge in [-0.25, -0.2) is 4.79 Å². The molecule has 7 nitrogen and oxygen atoms in total. The zero-order chi connectivity index (χ0) is 19.6. The molecule has 0 aliphatic carbocycles. The molecule has 0 saturated carbocycles. The summed E-state index contributed by atoms with van der Waals surface area (Å²) in [5.41, 5.74) is 0.807. The largest absolute Gasteiger partial charge is 0.465 e. The van der Waals surface area contributed by atoms with Crippen LogP contribution in [0.1, 0.15) is 31.2 Å². The van der Waals surface area contributed by atoms with Gasteiger partial charge in [-0.15, -0.1) is 0 Å². The van der Waals surface area contributed by atoms with Crippen LogP contribution in [0.2, 0.25) is 10.0 Å². The maximum Gasteiger partial charge on any atom is 0.407 e. The molecule has 2 fully saturated rings. The maximum atomic E-state index is 12.8. The second-order valence-corrected chi connectivity index (χ2v) is 7.60. The molecule has 27 heavy (non-hydrogen) atoms. The minimum atomic E-state index is -1.09. The second-order valence-electron chi connectivity index (χ2n) is 6.79. The highest BCUT2D eigenvalue weighted by Crippen LogP contribution is 2.25. The Kier molecular flexibility index (Phi) is 6.11. The second kappa shape index (κ2) is 8.35. The smallest absolute Gasteiger partial charge is 0.407 e. The van der Waals surface area contributed by atoms with Gasteiger partial charge in [0.2, 0.25) is 11.8 Å². The third-order valence-corrected chi connectivity index (χ3v) is 5.81. The van der Waals surface area contributed by atoms with E-state index in [9.17, 15) is 19.5 Å². The van der Waals surface area contributed by atoms with Crippen LogP contribution in [0.4, 0.5) is 4.79 Å². The van der Waals surface area contributed by atoms with E-state index in [4.69, 9.17) is 23.2 Å². The molecule has 2 heterocycles. The summed E-state index contributed by atoms with van der Waals surface area (Å²) < 4.78 is 0. The van der Waals surface area contributed by atoms with Crippen LogP contribution in [0, 0.1) is 0 Å². The van der Waals surface area contributed by atoms with Crippen molar-refractivity contribution in [2.45, 2.75) is 44.3 Å². The summed E-state index contributed by atoms with van der Waals surface area (Å²) in [5.74, 6) is -0.520. The predicted octanol–water partition coefficient (Wildman–Crippen LogP) is 2.74. The number of hydrogen-bond acceptors (Lipinski definition) is 3. The fourth-order valence-corrected chi connectivity index (χ4v) is 4.02. The Morgan fingerprint density at radius 2 is 1.70 bits per heavy atom. The molecule has 1 aromatic rings. The Labute approximate surface area is 167 Å². The molecule has 0 spiro atoms. The number of nitrogens with zero attached hydrogens (tertiary/aromatic N) is 2. The number of carboxylic acid groups (broad SMARTS) is 1. The first-order chi connectivity index (χ1) is 12.9. The van der Waals surface area contributed by atoms with Crippen molar-refractivity contribution in [3.63, 3.8) is 0 Å². The van der Waals surface area contributed by atoms with Crippen molar-refractivity contribution < 1.29 is 19.5 Å². The highest BCUT2D eigenvalue weighted by molar-refractivity contribution is 6.42. The van der Waals surface area contributed by atoms with E-state index < -0.39 is 18.2 Å². The van der Waals surface area contributed by atoms with E-state index >= 15 is 0 Å². The fourth-order valence-electron chi connectivity index (χ4n) is 3.70. The van der Waals surface area contributed by atoms with Gasteiger partial charge in [-0.3, -0.25) is 14.5 Å². The number of likely N-dealkylation sites (tertiary alicyclic amines) is 2. The van der Waals surface area contributed by atoms with Gasteiger partial charge in [0.1, 0.15) is 12.1 Å². The molecule has 0 aromatic heterocycles. The van der Waals surface area contributed by atoms with Gasteiger partial charge in [0.15, 0.2) is 0 Å². The molecule has 2 aliphatic rings. The third-order valence-electron chi connectivity index (χ3n) is 5.07. The van der Waals surface area contributed by atoms with E-state index in [1.54, 1.807) is 18.2 Å². The zero-order valence-corrected chi connectivity index (χ0v) is 16.2. The quantitative estimate of drug-likeness (QED) is 0.793. The first-order valence-corrected chi connectivity index (χ1v) is 9.65. The molecule has 1 aromatic carbocycles. The molecule has 3 rings (SSSR count). The summed E-state index contributed by atoms with van der Waals surface area (Å²) in [6.07, 6.45) is 1.35. The molecular weight excluding hydrogens is 393 g/mol. The van der Waals surface area contributed by atoms with E-state index in [0.717, 1.165) is 12.0 Å². The lowest BCUT2D eigenvalue weighted by Gasteiger charge is -2.29. The predicted molar refractivity (Wildman–Crippen MR) is 101 cm³/mol. The third kappa shape index (κ3) is 4.30. The van der Waals surface area contributed by atoms with Gasteiger partial charge in [0.25, 0.3) is 0 Å². The van der Waals surface area contributed by atoms with E-state index in [1.165, 1.54) is 9.80 Å². The minimum Gasteiger partial charge on any atom is -0.465 e. The van der Waals surface area contributed by atoms with Gasteiger partial charge in [-0.1, -0.05) is 29.3 Å². The highest BCUT2D eigenvalue weighted by Gasteiger charge is 2.42. The number of amides is 3. The average Bonchev–Trinajstić information content (AvgIpc) is 3.31. The van der Waals surface area contributed by atoms with Crippen molar-refractivity contribution in [1.82, 2.24) is 15.1 Å². The molecule has 2 unspecified atom stereocenters. The van der Waals surface area contributed by atoms with Crippen LogP contribution in [-0.2, 0) is 16.1 Å². The van der Waals surface area contributed by atoms with Crippen molar-refractivity contribution in [1.29, 1.82) is 0 Å². The van der Waals surface area contributed by atoms with Crippen molar-refractivity contribution in [3.8, 4) is 0 Å². The normalized spacial score (nSPS) is 22.1. The van der Waals surface area contributed by atoms with Crippen molar-refractivity contribution >= 4 is 41.1 Å². The van der Waals surface area contributed by atoms with E-state index in [2.05, 4.69) is 5.32 Å². The van der Waals surface area contributed by atoms with Gasteiger partial charge in [0.05, 0.1) is 10.0 Å². The monoisotopic (exact) mass is 413 g/mol. The summed E-state index contributed by atoms with van der Waals surface area (Å²) in [4.78, 5) is 39.5. The Hall–Kier alpha value is -1.99. The number of benzene rings is 1. The van der Waals surface area contributed by atoms with E-state index in [1.807, 2.05) is 0 Å². The highest BCUT2D eigenvalue weighted by atomic mass is 35.5. The Morgan fingerprint density at radius 3 is 2.37 bits per heavy atom. The minimum absolute atomic E-state index is 0.244. The summed E-state index contributed by atoms with van der Waals surface area (Å²) in [6.45, 7) is 1.10. The van der Waals surface area contributed by atoms with Crippen LogP contribution in [0.3, 0.4) is 0 Å². The molecule has 2 aliphatic heterocycles. The first kappa shape index (κ1) is 19.8. The molecule has 0 bridgehead atoms. The van der Waals surface area contributed by atoms with Gasteiger partial charge >= 0.3 is 6.09 Å². The Bertz CT molecular complexity index is 758. The van der Waals surface area contributed by atoms with Crippen LogP contribution >= 0.6 is 23.2 Å². The molecule has 2 N–H and O–H groups in total. The maximum absolute atomic E-state index is 12.8. The summed E-state index contributed by atoms with van der Waals surface area (Å²) in [6, 6.07) is 3.86. The average molecular weight is 414 g/mol. The summed E-state index contributed by atoms with van der Waals surface area (Å²) in [7, 11) is 0. The van der Waals surface area contributed by atoms with Gasteiger partial charge < -0.3 is 15.3 Å². The fraction of sp³-hybridized carbons (Fsp3) is 0.500. The topological polar surface area (TPSA) is 90.0 Å². The number of halogens is 2. The van der Waals surface area contributed by atoms with Crippen molar-refractivity contribution in [3.05, 3.63) is 33.8 Å². The van der Waals surface area contributed by atoms with Crippen LogP contribution in [0.25, 0.3) is 0 Å². The van der Waals surface area contributed by atoms with Crippen LogP contribution in [0.5, 0.6) is 0 Å². The van der Waals surface area contributed by atoms with Crippen LogP contribution in [-0.4, -0.2) is 58.0 Å². The van der Waals surface area contributed by atoms with E-state index in [-0.39, 0.29) is 18.4 Å². The zero-order valence-electron chi connectivity index (χ0n) is 14.7. The SMILES string of the molecule is O=C(NCc1ccc(Cl)c(Cl)c1)C1CCCN1C(=O)C1CCCN1C(=O)O. The number of carbonyl (C=O) groups excluding carboxylic acids is 2. The van der Waals surface area contributed by atoms with Crippen molar-refractivity contribution in [2.24, 2.45) is 0 Å². The molecule has 146 valence electrons. The molecule has 2 saturated heterocycles. The number of carbonyl (C=O) groups is 3. The molecule has 0 radical (unpaired) electrons. The van der Waals surface area contributed by atoms with Crippen LogP contribution < -0.4 is 5.32 Å². The number of hydrogen-bond donors (Lipinski definition) is 2. The molecular formula is C18H21Cl2N3O4. The van der Waals surface area contributed by atoms with Gasteiger partial charge in [-0.05, 0) is 43.4 Å². The van der Waals surface area contributed by atoms with Crippen LogP contribution in [0.15, 0.2) is 18.2 Å². The number of nitrogens with one attached hydrogen (secondary N) is 1. The lowest BCUT2D eigenvalue weighted by Crippen LogP contribution is -2.52. The Morgan fingerprint density at radius 1 is 1.04 bits per heavy atom. The van der Waals surface area contributed by atoms with E-state index in [0.29, 0.717) is 42.4 Å². The number of rotatable bonds is 4. The molecule has 9 heteroatoms. The first-order valence-electron chi connectivity index (χ1n) is 8.90. The van der Waals surface area contributed by atoms with Gasteiger partial charge in [-0.2, -0.15) is 0 Å². The lowest BCUT2D eigenvalue weighted by atomic mass is 10.1. The molecule has 3 amide bonds.